The number of hydrogen-bond acceptors (Lipinski definition) is 3. The Morgan fingerprint density at radius 3 is 2.35 bits per heavy atom. The highest BCUT2D eigenvalue weighted by Crippen LogP contribution is 2.11. The minimum atomic E-state index is -0.0763. The number of methoxy groups -OCH3 is 1. The Morgan fingerprint density at radius 2 is 1.82 bits per heavy atom. The fourth-order valence-corrected chi connectivity index (χ4v) is 1.56. The first-order chi connectivity index (χ1) is 8.01. The SMILES string of the molecule is COc1ccc(CCNCCC(C)(C)N)cc1. The maximum atomic E-state index is 5.91. The van der Waals surface area contributed by atoms with Crippen LogP contribution in [0.25, 0.3) is 0 Å². The van der Waals surface area contributed by atoms with E-state index in [0.29, 0.717) is 0 Å². The number of hydrogen-bond donors (Lipinski definition) is 2. The lowest BCUT2D eigenvalue weighted by Crippen LogP contribution is -2.36. The molecule has 0 radical (unpaired) electrons. The number of ether oxygens (including phenoxy) is 1. The lowest BCUT2D eigenvalue weighted by molar-refractivity contribution is 0.414. The Kier molecular flexibility index (Phi) is 5.45. The molecule has 0 bridgehead atoms. The van der Waals surface area contributed by atoms with Gasteiger partial charge in [-0.1, -0.05) is 12.1 Å². The van der Waals surface area contributed by atoms with Gasteiger partial charge in [0.25, 0.3) is 0 Å². The van der Waals surface area contributed by atoms with Gasteiger partial charge < -0.3 is 15.8 Å². The molecule has 0 unspecified atom stereocenters. The zero-order valence-corrected chi connectivity index (χ0v) is 11.1. The van der Waals surface area contributed by atoms with Crippen molar-refractivity contribution in [3.8, 4) is 5.75 Å². The maximum Gasteiger partial charge on any atom is 0.118 e. The first kappa shape index (κ1) is 14.0. The zero-order valence-electron chi connectivity index (χ0n) is 11.1. The first-order valence-corrected chi connectivity index (χ1v) is 6.14. The quantitative estimate of drug-likeness (QED) is 0.711. The van der Waals surface area contributed by atoms with Crippen molar-refractivity contribution < 1.29 is 4.74 Å². The second kappa shape index (κ2) is 6.62. The molecule has 0 spiro atoms. The second-order valence-electron chi connectivity index (χ2n) is 5.09. The summed E-state index contributed by atoms with van der Waals surface area (Å²) in [6, 6.07) is 8.21. The van der Waals surface area contributed by atoms with Gasteiger partial charge in [-0.05, 0) is 57.5 Å². The van der Waals surface area contributed by atoms with Crippen molar-refractivity contribution in [1.82, 2.24) is 5.32 Å². The lowest BCUT2D eigenvalue weighted by atomic mass is 10.0. The van der Waals surface area contributed by atoms with Gasteiger partial charge in [-0.15, -0.1) is 0 Å². The summed E-state index contributed by atoms with van der Waals surface area (Å²) in [6.07, 6.45) is 2.03. The molecule has 1 aromatic carbocycles. The Bertz CT molecular complexity index is 314. The van der Waals surface area contributed by atoms with Crippen LogP contribution in [0.15, 0.2) is 24.3 Å². The molecule has 0 aromatic heterocycles. The second-order valence-corrected chi connectivity index (χ2v) is 5.09. The van der Waals surface area contributed by atoms with E-state index in [-0.39, 0.29) is 5.54 Å². The molecule has 0 saturated heterocycles. The predicted molar refractivity (Wildman–Crippen MR) is 72.5 cm³/mol. The largest absolute Gasteiger partial charge is 0.497 e. The Labute approximate surface area is 104 Å². The van der Waals surface area contributed by atoms with E-state index in [2.05, 4.69) is 31.3 Å². The molecule has 0 fully saturated rings. The molecular formula is C14H24N2O. The third-order valence-corrected chi connectivity index (χ3v) is 2.70. The number of rotatable bonds is 7. The van der Waals surface area contributed by atoms with Crippen molar-refractivity contribution in [2.45, 2.75) is 32.2 Å². The molecule has 0 atom stereocenters. The molecule has 3 heteroatoms. The average molecular weight is 236 g/mol. The van der Waals surface area contributed by atoms with Crippen LogP contribution < -0.4 is 15.8 Å². The first-order valence-electron chi connectivity index (χ1n) is 6.14. The van der Waals surface area contributed by atoms with Crippen molar-refractivity contribution in [2.24, 2.45) is 5.73 Å². The van der Waals surface area contributed by atoms with Crippen molar-refractivity contribution >= 4 is 0 Å². The lowest BCUT2D eigenvalue weighted by Gasteiger charge is -2.18. The molecule has 0 aliphatic heterocycles. The molecule has 0 saturated carbocycles. The van der Waals surface area contributed by atoms with Crippen LogP contribution in [0.1, 0.15) is 25.8 Å². The minimum absolute atomic E-state index is 0.0763. The summed E-state index contributed by atoms with van der Waals surface area (Å²) in [6.45, 7) is 6.07. The van der Waals surface area contributed by atoms with E-state index in [4.69, 9.17) is 10.5 Å². The summed E-state index contributed by atoms with van der Waals surface area (Å²) >= 11 is 0. The standard InChI is InChI=1S/C14H24N2O/c1-14(2,15)9-11-16-10-8-12-4-6-13(17-3)7-5-12/h4-7,16H,8-11,15H2,1-3H3. The van der Waals surface area contributed by atoms with Gasteiger partial charge >= 0.3 is 0 Å². The zero-order chi connectivity index (χ0) is 12.7. The monoisotopic (exact) mass is 236 g/mol. The molecule has 3 nitrogen and oxygen atoms in total. The summed E-state index contributed by atoms with van der Waals surface area (Å²) in [5.41, 5.74) is 7.15. The predicted octanol–water partition coefficient (Wildman–Crippen LogP) is 1.95. The molecule has 1 aromatic rings. The highest BCUT2D eigenvalue weighted by molar-refractivity contribution is 5.27. The molecule has 17 heavy (non-hydrogen) atoms. The fraction of sp³-hybridized carbons (Fsp3) is 0.571. The molecule has 1 rings (SSSR count). The summed E-state index contributed by atoms with van der Waals surface area (Å²) in [4.78, 5) is 0. The van der Waals surface area contributed by atoms with E-state index in [1.165, 1.54) is 5.56 Å². The fourth-order valence-electron chi connectivity index (χ4n) is 1.56. The summed E-state index contributed by atoms with van der Waals surface area (Å²) in [5, 5.41) is 3.41. The van der Waals surface area contributed by atoms with Crippen LogP contribution >= 0.6 is 0 Å². The molecule has 0 amide bonds. The topological polar surface area (TPSA) is 47.3 Å². The molecule has 0 heterocycles. The highest BCUT2D eigenvalue weighted by atomic mass is 16.5. The third kappa shape index (κ3) is 6.29. The Morgan fingerprint density at radius 1 is 1.18 bits per heavy atom. The molecule has 3 N–H and O–H groups in total. The summed E-state index contributed by atoms with van der Waals surface area (Å²) < 4.78 is 5.12. The highest BCUT2D eigenvalue weighted by Gasteiger charge is 2.08. The normalized spacial score (nSPS) is 11.5. The molecule has 96 valence electrons. The van der Waals surface area contributed by atoms with Crippen LogP contribution in [0, 0.1) is 0 Å². The van der Waals surface area contributed by atoms with E-state index in [1.54, 1.807) is 7.11 Å². The van der Waals surface area contributed by atoms with Crippen LogP contribution in [0.3, 0.4) is 0 Å². The summed E-state index contributed by atoms with van der Waals surface area (Å²) in [5.74, 6) is 0.909. The van der Waals surface area contributed by atoms with Gasteiger partial charge in [0, 0.05) is 5.54 Å². The molecular weight excluding hydrogens is 212 g/mol. The van der Waals surface area contributed by atoms with Gasteiger partial charge in [-0.3, -0.25) is 0 Å². The van der Waals surface area contributed by atoms with Crippen LogP contribution in [-0.4, -0.2) is 25.7 Å². The van der Waals surface area contributed by atoms with Crippen molar-refractivity contribution in [2.75, 3.05) is 20.2 Å². The van der Waals surface area contributed by atoms with Crippen LogP contribution in [0.2, 0.25) is 0 Å². The third-order valence-electron chi connectivity index (χ3n) is 2.70. The van der Waals surface area contributed by atoms with Crippen molar-refractivity contribution in [1.29, 1.82) is 0 Å². The molecule has 0 aliphatic rings. The number of nitrogens with one attached hydrogen (secondary N) is 1. The smallest absolute Gasteiger partial charge is 0.118 e. The average Bonchev–Trinajstić information content (AvgIpc) is 2.28. The van der Waals surface area contributed by atoms with Gasteiger partial charge in [-0.2, -0.15) is 0 Å². The van der Waals surface area contributed by atoms with Crippen LogP contribution in [0.4, 0.5) is 0 Å². The van der Waals surface area contributed by atoms with Crippen LogP contribution in [-0.2, 0) is 6.42 Å². The van der Waals surface area contributed by atoms with Crippen molar-refractivity contribution in [3.63, 3.8) is 0 Å². The van der Waals surface area contributed by atoms with E-state index in [9.17, 15) is 0 Å². The van der Waals surface area contributed by atoms with Gasteiger partial charge in [-0.25, -0.2) is 0 Å². The molecule has 0 aliphatic carbocycles. The van der Waals surface area contributed by atoms with Gasteiger partial charge in [0.1, 0.15) is 5.75 Å². The summed E-state index contributed by atoms with van der Waals surface area (Å²) in [7, 11) is 1.69. The van der Waals surface area contributed by atoms with E-state index < -0.39 is 0 Å². The van der Waals surface area contributed by atoms with Crippen LogP contribution in [0.5, 0.6) is 5.75 Å². The van der Waals surface area contributed by atoms with Gasteiger partial charge in [0.2, 0.25) is 0 Å². The number of nitrogens with two attached hydrogens (primary N) is 1. The minimum Gasteiger partial charge on any atom is -0.497 e. The van der Waals surface area contributed by atoms with Gasteiger partial charge in [0.05, 0.1) is 7.11 Å². The van der Waals surface area contributed by atoms with E-state index in [0.717, 1.165) is 31.7 Å². The van der Waals surface area contributed by atoms with Crippen molar-refractivity contribution in [3.05, 3.63) is 29.8 Å². The van der Waals surface area contributed by atoms with E-state index >= 15 is 0 Å². The van der Waals surface area contributed by atoms with E-state index in [1.807, 2.05) is 12.1 Å². The maximum absolute atomic E-state index is 5.91. The Balaban J connectivity index is 2.18. The van der Waals surface area contributed by atoms with Gasteiger partial charge in [0.15, 0.2) is 0 Å². The Hall–Kier alpha value is -1.06. The number of benzene rings is 1.